The molecular weight excluding hydrogens is 438 g/mol. The van der Waals surface area contributed by atoms with Gasteiger partial charge >= 0.3 is 0 Å². The summed E-state index contributed by atoms with van der Waals surface area (Å²) >= 11 is 0. The fourth-order valence-electron chi connectivity index (χ4n) is 5.36. The Hall–Kier alpha value is -3.33. The molecule has 2 aliphatic rings. The molecule has 3 aromatic heterocycles. The number of aliphatic hydroxyl groups is 1. The van der Waals surface area contributed by atoms with Crippen molar-refractivity contribution in [2.75, 3.05) is 31.5 Å². The Morgan fingerprint density at radius 2 is 1.97 bits per heavy atom. The molecule has 0 saturated carbocycles. The third-order valence-electron chi connectivity index (χ3n) is 7.21. The van der Waals surface area contributed by atoms with Crippen molar-refractivity contribution in [2.24, 2.45) is 0 Å². The smallest absolute Gasteiger partial charge is 0.227 e. The highest BCUT2D eigenvalue weighted by Gasteiger charge is 2.31. The lowest BCUT2D eigenvalue weighted by Gasteiger charge is -2.45. The van der Waals surface area contributed by atoms with E-state index in [9.17, 15) is 5.11 Å². The van der Waals surface area contributed by atoms with Crippen LogP contribution < -0.4 is 5.32 Å². The van der Waals surface area contributed by atoms with Crippen LogP contribution in [0.5, 0.6) is 0 Å². The summed E-state index contributed by atoms with van der Waals surface area (Å²) in [6.07, 6.45) is 7.50. The van der Waals surface area contributed by atoms with E-state index in [1.165, 1.54) is 25.8 Å². The number of nitrogens with one attached hydrogen (secondary N) is 2. The van der Waals surface area contributed by atoms with Crippen molar-refractivity contribution in [1.29, 1.82) is 0 Å². The van der Waals surface area contributed by atoms with Gasteiger partial charge in [-0.05, 0) is 61.9 Å². The molecule has 180 valence electrons. The van der Waals surface area contributed by atoms with Crippen LogP contribution in [0.25, 0.3) is 22.3 Å². The second kappa shape index (κ2) is 9.73. The highest BCUT2D eigenvalue weighted by atomic mass is 16.3. The highest BCUT2D eigenvalue weighted by molar-refractivity contribution is 5.84. The first-order valence-corrected chi connectivity index (χ1v) is 12.5. The van der Waals surface area contributed by atoms with Gasteiger partial charge in [-0.2, -0.15) is 0 Å². The molecule has 4 aromatic rings. The molecule has 1 aromatic carbocycles. The molecule has 0 amide bonds. The molecular formula is C27H31N7O. The molecule has 2 unspecified atom stereocenters. The summed E-state index contributed by atoms with van der Waals surface area (Å²) in [4.78, 5) is 21.7. The van der Waals surface area contributed by atoms with Gasteiger partial charge in [-0.3, -0.25) is 14.8 Å². The van der Waals surface area contributed by atoms with E-state index in [4.69, 9.17) is 0 Å². The molecule has 8 heteroatoms. The van der Waals surface area contributed by atoms with E-state index in [2.05, 4.69) is 53.3 Å². The van der Waals surface area contributed by atoms with Crippen LogP contribution in [0.2, 0.25) is 0 Å². The van der Waals surface area contributed by atoms with Gasteiger partial charge in [-0.25, -0.2) is 9.97 Å². The molecule has 0 radical (unpaired) electrons. The zero-order chi connectivity index (χ0) is 23.6. The Morgan fingerprint density at radius 3 is 2.89 bits per heavy atom. The van der Waals surface area contributed by atoms with Crippen molar-refractivity contribution in [3.63, 3.8) is 0 Å². The van der Waals surface area contributed by atoms with Gasteiger partial charge in [-0.15, -0.1) is 0 Å². The number of benzene rings is 1. The van der Waals surface area contributed by atoms with Crippen molar-refractivity contribution in [3.8, 4) is 11.4 Å². The summed E-state index contributed by atoms with van der Waals surface area (Å²) in [7, 11) is 0. The van der Waals surface area contributed by atoms with E-state index in [1.54, 1.807) is 12.4 Å². The Labute approximate surface area is 205 Å². The largest absolute Gasteiger partial charge is 0.378 e. The first-order chi connectivity index (χ1) is 17.2. The van der Waals surface area contributed by atoms with E-state index in [0.29, 0.717) is 18.4 Å². The van der Waals surface area contributed by atoms with Crippen LogP contribution in [0.1, 0.15) is 25.0 Å². The van der Waals surface area contributed by atoms with Gasteiger partial charge in [0.05, 0.1) is 11.4 Å². The number of hydrogen-bond donors (Lipinski definition) is 3. The van der Waals surface area contributed by atoms with E-state index < -0.39 is 6.23 Å². The third kappa shape index (κ3) is 4.91. The van der Waals surface area contributed by atoms with Crippen LogP contribution in [-0.2, 0) is 6.42 Å². The lowest BCUT2D eigenvalue weighted by atomic mass is 9.99. The molecule has 35 heavy (non-hydrogen) atoms. The molecule has 2 fully saturated rings. The van der Waals surface area contributed by atoms with Gasteiger partial charge in [0.2, 0.25) is 5.95 Å². The Bertz CT molecular complexity index is 1290. The van der Waals surface area contributed by atoms with Gasteiger partial charge < -0.3 is 15.4 Å². The van der Waals surface area contributed by atoms with Crippen molar-refractivity contribution >= 4 is 22.5 Å². The molecule has 5 heterocycles. The van der Waals surface area contributed by atoms with E-state index in [-0.39, 0.29) is 0 Å². The Kier molecular flexibility index (Phi) is 6.16. The van der Waals surface area contributed by atoms with Crippen molar-refractivity contribution in [1.82, 2.24) is 29.7 Å². The summed E-state index contributed by atoms with van der Waals surface area (Å²) < 4.78 is 0. The van der Waals surface area contributed by atoms with Crippen molar-refractivity contribution < 1.29 is 5.11 Å². The average Bonchev–Trinajstić information content (AvgIpc) is 3.30. The van der Waals surface area contributed by atoms with Gasteiger partial charge in [0.25, 0.3) is 0 Å². The number of fused-ring (bicyclic) bond motifs is 2. The minimum Gasteiger partial charge on any atom is -0.378 e. The maximum atomic E-state index is 11.0. The Morgan fingerprint density at radius 1 is 1.00 bits per heavy atom. The minimum absolute atomic E-state index is 0.465. The molecule has 2 atom stereocenters. The number of pyridine rings is 1. The van der Waals surface area contributed by atoms with E-state index in [1.807, 2.05) is 30.3 Å². The van der Waals surface area contributed by atoms with Crippen LogP contribution in [0, 0.1) is 0 Å². The number of H-pyrrole nitrogens is 1. The summed E-state index contributed by atoms with van der Waals surface area (Å²) in [6, 6.07) is 16.5. The first-order valence-electron chi connectivity index (χ1n) is 12.5. The van der Waals surface area contributed by atoms with Crippen LogP contribution in [-0.4, -0.2) is 73.3 Å². The number of anilines is 2. The number of nitrogens with zero attached hydrogens (tertiary/aromatic N) is 5. The predicted octanol–water partition coefficient (Wildman–Crippen LogP) is 3.79. The zero-order valence-electron chi connectivity index (χ0n) is 19.8. The minimum atomic E-state index is -0.465. The molecule has 8 nitrogen and oxygen atoms in total. The van der Waals surface area contributed by atoms with Crippen LogP contribution in [0.4, 0.5) is 11.6 Å². The lowest BCUT2D eigenvalue weighted by molar-refractivity contribution is -0.0521. The van der Waals surface area contributed by atoms with Crippen molar-refractivity contribution in [3.05, 3.63) is 66.6 Å². The summed E-state index contributed by atoms with van der Waals surface area (Å²) in [5.41, 5.74) is 4.60. The van der Waals surface area contributed by atoms with Crippen LogP contribution >= 0.6 is 0 Å². The topological polar surface area (TPSA) is 93.2 Å². The van der Waals surface area contributed by atoms with Crippen LogP contribution in [0.3, 0.4) is 0 Å². The maximum absolute atomic E-state index is 11.0. The lowest BCUT2D eigenvalue weighted by Crippen LogP contribution is -2.57. The van der Waals surface area contributed by atoms with Crippen LogP contribution in [0.15, 0.2) is 60.9 Å². The monoisotopic (exact) mass is 469 g/mol. The van der Waals surface area contributed by atoms with E-state index in [0.717, 1.165) is 53.3 Å². The molecule has 0 aliphatic carbocycles. The number of aromatic nitrogens is 4. The second-order valence-electron chi connectivity index (χ2n) is 9.57. The molecule has 3 N–H and O–H groups in total. The molecule has 2 aliphatic heterocycles. The number of hydrogen-bond acceptors (Lipinski definition) is 7. The number of aliphatic hydroxyl groups excluding tert-OH is 1. The Balaban J connectivity index is 1.13. The molecule has 2 saturated heterocycles. The third-order valence-corrected chi connectivity index (χ3v) is 7.21. The second-order valence-corrected chi connectivity index (χ2v) is 9.57. The van der Waals surface area contributed by atoms with Gasteiger partial charge in [-0.1, -0.05) is 12.5 Å². The van der Waals surface area contributed by atoms with Gasteiger partial charge in [0.1, 0.15) is 6.23 Å². The van der Waals surface area contributed by atoms with E-state index >= 15 is 0 Å². The SMILES string of the molecule is OC(Cc1cc2cc(Nc3nccc(-c4ccccn4)n3)ccc2[nH]1)N1CCN2CCCCC2C1. The maximum Gasteiger partial charge on any atom is 0.227 e. The molecule has 0 bridgehead atoms. The fourth-order valence-corrected chi connectivity index (χ4v) is 5.36. The number of aromatic amines is 1. The van der Waals surface area contributed by atoms with Crippen molar-refractivity contribution in [2.45, 2.75) is 38.0 Å². The number of piperidine rings is 1. The summed E-state index contributed by atoms with van der Waals surface area (Å²) in [5.74, 6) is 0.528. The zero-order valence-corrected chi connectivity index (χ0v) is 19.8. The normalized spacial score (nSPS) is 20.0. The highest BCUT2D eigenvalue weighted by Crippen LogP contribution is 2.25. The summed E-state index contributed by atoms with van der Waals surface area (Å²) in [5, 5.41) is 15.4. The number of piperazine rings is 1. The quantitative estimate of drug-likeness (QED) is 0.396. The van der Waals surface area contributed by atoms with Gasteiger partial charge in [0, 0.05) is 66.8 Å². The molecule has 6 rings (SSSR count). The summed E-state index contributed by atoms with van der Waals surface area (Å²) in [6.45, 7) is 4.18. The first kappa shape index (κ1) is 22.2. The fraction of sp³-hybridized carbons (Fsp3) is 0.370. The molecule has 0 spiro atoms. The standard InChI is InChI=1S/C27H31N7O/c35-26(34-14-13-33-12-4-2-5-22(33)18-34)17-21-16-19-15-20(7-8-23(19)30-21)31-27-29-11-9-25(32-27)24-6-1-3-10-28-24/h1,3,6-11,15-16,22,26,30,35H,2,4-5,12-14,17-18H2,(H,29,31,32). The predicted molar refractivity (Wildman–Crippen MR) is 137 cm³/mol. The average molecular weight is 470 g/mol. The van der Waals surface area contributed by atoms with Gasteiger partial charge in [0.15, 0.2) is 0 Å². The number of rotatable bonds is 6.